The van der Waals surface area contributed by atoms with Crippen molar-refractivity contribution in [2.24, 2.45) is 5.92 Å². The highest BCUT2D eigenvalue weighted by molar-refractivity contribution is 7.17. The highest BCUT2D eigenvalue weighted by Gasteiger charge is 2.33. The first-order valence-electron chi connectivity index (χ1n) is 9.72. The Morgan fingerprint density at radius 2 is 2.14 bits per heavy atom. The number of aromatic nitrogens is 3. The third-order valence-corrected chi connectivity index (χ3v) is 6.52. The number of likely N-dealkylation sites (tertiary alicyclic amines) is 1. The van der Waals surface area contributed by atoms with Crippen molar-refractivity contribution in [1.29, 1.82) is 0 Å². The van der Waals surface area contributed by atoms with Crippen LogP contribution >= 0.6 is 11.3 Å². The van der Waals surface area contributed by atoms with Gasteiger partial charge in [0, 0.05) is 12.1 Å². The van der Waals surface area contributed by atoms with Crippen LogP contribution in [0.5, 0.6) is 5.88 Å². The number of rotatable bonds is 4. The number of hydrogen-bond acceptors (Lipinski definition) is 6. The van der Waals surface area contributed by atoms with Gasteiger partial charge in [-0.15, -0.1) is 5.10 Å². The van der Waals surface area contributed by atoms with Crippen LogP contribution in [0.3, 0.4) is 0 Å². The van der Waals surface area contributed by atoms with Gasteiger partial charge in [-0.25, -0.2) is 4.39 Å². The fraction of sp³-hybridized carbons (Fsp3) is 0.333. The standard InChI is InChI=1S/C21H21FN4O2S/c1-13-6-4-10-25(12-13)17(14-7-2-3-8-15(14)22)18-20(27)26-21(29-18)23-19(24-26)16-9-5-11-28-16/h2-3,5,7-9,11,13,17,27H,4,6,10,12H2,1H3/t13-,17-/m1/s1. The fourth-order valence-corrected chi connectivity index (χ4v) is 5.21. The van der Waals surface area contributed by atoms with Gasteiger partial charge in [0.05, 0.1) is 17.2 Å². The maximum absolute atomic E-state index is 14.8. The molecule has 29 heavy (non-hydrogen) atoms. The molecule has 0 saturated carbocycles. The van der Waals surface area contributed by atoms with E-state index in [1.807, 2.05) is 6.07 Å². The number of benzene rings is 1. The summed E-state index contributed by atoms with van der Waals surface area (Å²) >= 11 is 1.34. The highest BCUT2D eigenvalue weighted by Crippen LogP contribution is 2.42. The molecule has 4 heterocycles. The van der Waals surface area contributed by atoms with Gasteiger partial charge in [-0.3, -0.25) is 4.90 Å². The van der Waals surface area contributed by atoms with Gasteiger partial charge in [-0.05, 0) is 43.5 Å². The van der Waals surface area contributed by atoms with Crippen molar-refractivity contribution in [3.63, 3.8) is 0 Å². The van der Waals surface area contributed by atoms with E-state index in [0.29, 0.717) is 32.9 Å². The normalized spacial score (nSPS) is 19.0. The molecule has 4 aromatic rings. The first-order chi connectivity index (χ1) is 14.1. The summed E-state index contributed by atoms with van der Waals surface area (Å²) in [6.45, 7) is 3.92. The van der Waals surface area contributed by atoms with Gasteiger partial charge in [-0.1, -0.05) is 36.5 Å². The van der Waals surface area contributed by atoms with Gasteiger partial charge in [0.25, 0.3) is 0 Å². The maximum Gasteiger partial charge on any atom is 0.230 e. The van der Waals surface area contributed by atoms with E-state index in [4.69, 9.17) is 4.42 Å². The number of fused-ring (bicyclic) bond motifs is 1. The minimum Gasteiger partial charge on any atom is -0.492 e. The van der Waals surface area contributed by atoms with E-state index in [-0.39, 0.29) is 17.7 Å². The van der Waals surface area contributed by atoms with Crippen LogP contribution in [0.1, 0.15) is 36.2 Å². The highest BCUT2D eigenvalue weighted by atomic mass is 32.1. The van der Waals surface area contributed by atoms with E-state index < -0.39 is 0 Å². The maximum atomic E-state index is 14.8. The van der Waals surface area contributed by atoms with Gasteiger partial charge >= 0.3 is 0 Å². The van der Waals surface area contributed by atoms with E-state index >= 15 is 0 Å². The number of furan rings is 1. The number of aromatic hydroxyl groups is 1. The van der Waals surface area contributed by atoms with E-state index in [1.54, 1.807) is 30.5 Å². The predicted molar refractivity (Wildman–Crippen MR) is 108 cm³/mol. The van der Waals surface area contributed by atoms with Crippen molar-refractivity contribution < 1.29 is 13.9 Å². The van der Waals surface area contributed by atoms with Crippen LogP contribution in [0.4, 0.5) is 4.39 Å². The van der Waals surface area contributed by atoms with E-state index in [2.05, 4.69) is 21.9 Å². The molecule has 0 amide bonds. The van der Waals surface area contributed by atoms with Gasteiger partial charge in [0.2, 0.25) is 16.7 Å². The molecule has 150 valence electrons. The molecule has 2 atom stereocenters. The van der Waals surface area contributed by atoms with Crippen LogP contribution < -0.4 is 0 Å². The summed E-state index contributed by atoms with van der Waals surface area (Å²) in [5.74, 6) is 1.20. The average molecular weight is 412 g/mol. The summed E-state index contributed by atoms with van der Waals surface area (Å²) in [5.41, 5.74) is 0.563. The second-order valence-corrected chi connectivity index (χ2v) is 8.57. The van der Waals surface area contributed by atoms with E-state index in [9.17, 15) is 9.50 Å². The summed E-state index contributed by atoms with van der Waals surface area (Å²) in [7, 11) is 0. The lowest BCUT2D eigenvalue weighted by Crippen LogP contribution is -2.38. The summed E-state index contributed by atoms with van der Waals surface area (Å²) < 4.78 is 21.6. The molecule has 0 spiro atoms. The SMILES string of the molecule is C[C@@H]1CCCN([C@H](c2ccccc2F)c2sc3nc(-c4ccco4)nn3c2O)C1. The zero-order valence-corrected chi connectivity index (χ0v) is 16.8. The number of hydrogen-bond donors (Lipinski definition) is 1. The predicted octanol–water partition coefficient (Wildman–Crippen LogP) is 4.72. The van der Waals surface area contributed by atoms with Gasteiger partial charge in [0.15, 0.2) is 5.76 Å². The molecule has 0 radical (unpaired) electrons. The number of thiazole rings is 1. The van der Waals surface area contributed by atoms with Crippen LogP contribution in [0, 0.1) is 11.7 Å². The molecule has 1 fully saturated rings. The Balaban J connectivity index is 1.62. The molecule has 5 rings (SSSR count). The van der Waals surface area contributed by atoms with E-state index in [1.165, 1.54) is 21.9 Å². The van der Waals surface area contributed by atoms with Crippen molar-refractivity contribution in [3.05, 3.63) is 58.9 Å². The lowest BCUT2D eigenvalue weighted by atomic mass is 9.95. The minimum atomic E-state index is -0.375. The molecule has 1 aromatic carbocycles. The molecule has 1 N–H and O–H groups in total. The second kappa shape index (κ2) is 7.27. The number of halogens is 1. The molecular weight excluding hydrogens is 391 g/mol. The smallest absolute Gasteiger partial charge is 0.230 e. The quantitative estimate of drug-likeness (QED) is 0.526. The monoisotopic (exact) mass is 412 g/mol. The lowest BCUT2D eigenvalue weighted by Gasteiger charge is -2.37. The van der Waals surface area contributed by atoms with Crippen molar-refractivity contribution in [2.45, 2.75) is 25.8 Å². The van der Waals surface area contributed by atoms with Crippen LogP contribution in [-0.4, -0.2) is 37.7 Å². The minimum absolute atomic E-state index is 0.00165. The number of nitrogens with zero attached hydrogens (tertiary/aromatic N) is 4. The Labute approximate surface area is 171 Å². The fourth-order valence-electron chi connectivity index (χ4n) is 4.10. The molecule has 0 bridgehead atoms. The first kappa shape index (κ1) is 18.3. The van der Waals surface area contributed by atoms with Crippen LogP contribution in [0.25, 0.3) is 16.5 Å². The van der Waals surface area contributed by atoms with Gasteiger partial charge in [-0.2, -0.15) is 9.50 Å². The molecule has 0 unspecified atom stereocenters. The third kappa shape index (κ3) is 3.22. The molecular formula is C21H21FN4O2S. The topological polar surface area (TPSA) is 66.8 Å². The second-order valence-electron chi connectivity index (χ2n) is 7.56. The summed E-state index contributed by atoms with van der Waals surface area (Å²) in [4.78, 5) is 7.96. The Morgan fingerprint density at radius 3 is 2.86 bits per heavy atom. The van der Waals surface area contributed by atoms with Crippen molar-refractivity contribution in [1.82, 2.24) is 19.5 Å². The summed E-state index contributed by atoms with van der Waals surface area (Å²) in [6.07, 6.45) is 3.77. The molecule has 0 aliphatic carbocycles. The molecule has 1 aliphatic heterocycles. The van der Waals surface area contributed by atoms with Crippen LogP contribution in [0.2, 0.25) is 0 Å². The number of piperidine rings is 1. The van der Waals surface area contributed by atoms with Gasteiger partial charge in [0.1, 0.15) is 5.82 Å². The largest absolute Gasteiger partial charge is 0.492 e. The molecule has 1 aliphatic rings. The zero-order chi connectivity index (χ0) is 20.0. The Hall–Kier alpha value is -2.71. The van der Waals surface area contributed by atoms with Gasteiger partial charge < -0.3 is 9.52 Å². The molecule has 1 saturated heterocycles. The Kier molecular flexibility index (Phi) is 4.60. The first-order valence-corrected chi connectivity index (χ1v) is 10.5. The average Bonchev–Trinajstić information content (AvgIpc) is 3.43. The summed E-state index contributed by atoms with van der Waals surface area (Å²) in [5, 5.41) is 15.4. The Morgan fingerprint density at radius 1 is 1.28 bits per heavy atom. The molecule has 8 heteroatoms. The van der Waals surface area contributed by atoms with Crippen LogP contribution in [-0.2, 0) is 0 Å². The molecule has 3 aromatic heterocycles. The third-order valence-electron chi connectivity index (χ3n) is 5.44. The lowest BCUT2D eigenvalue weighted by molar-refractivity contribution is 0.147. The van der Waals surface area contributed by atoms with Crippen molar-refractivity contribution in [3.8, 4) is 17.5 Å². The van der Waals surface area contributed by atoms with Crippen molar-refractivity contribution in [2.75, 3.05) is 13.1 Å². The van der Waals surface area contributed by atoms with E-state index in [0.717, 1.165) is 25.9 Å². The van der Waals surface area contributed by atoms with Crippen molar-refractivity contribution >= 4 is 16.3 Å². The molecule has 6 nitrogen and oxygen atoms in total. The van der Waals surface area contributed by atoms with Crippen LogP contribution in [0.15, 0.2) is 47.1 Å². The summed E-state index contributed by atoms with van der Waals surface area (Å²) in [6, 6.07) is 9.95. The Bertz CT molecular complexity index is 1140. The zero-order valence-electron chi connectivity index (χ0n) is 16.0.